The first-order valence-electron chi connectivity index (χ1n) is 6.67. The molecule has 0 aliphatic rings. The molecule has 0 saturated carbocycles. The predicted molar refractivity (Wildman–Crippen MR) is 79.9 cm³/mol. The molecule has 0 heterocycles. The minimum Gasteiger partial charge on any atom is -0.497 e. The van der Waals surface area contributed by atoms with Crippen LogP contribution in [0, 0.1) is 0 Å². The summed E-state index contributed by atoms with van der Waals surface area (Å²) in [6.07, 6.45) is 6.32. The maximum absolute atomic E-state index is 5.82. The zero-order valence-electron chi connectivity index (χ0n) is 11.4. The second kappa shape index (κ2) is 9.26. The summed E-state index contributed by atoms with van der Waals surface area (Å²) >= 11 is 3.48. The number of alkyl halides is 1. The first-order valence-corrected chi connectivity index (χ1v) is 7.79. The first-order chi connectivity index (χ1) is 8.81. The Morgan fingerprint density at radius 2 is 1.89 bits per heavy atom. The molecular formula is C15H23BrO2. The molecule has 0 fully saturated rings. The molecule has 0 spiro atoms. The minimum atomic E-state index is 0.787. The average molecular weight is 315 g/mol. The van der Waals surface area contributed by atoms with Gasteiger partial charge < -0.3 is 9.47 Å². The van der Waals surface area contributed by atoms with Crippen LogP contribution in [0.4, 0.5) is 0 Å². The maximum atomic E-state index is 5.82. The van der Waals surface area contributed by atoms with Crippen molar-refractivity contribution in [3.63, 3.8) is 0 Å². The number of benzene rings is 1. The van der Waals surface area contributed by atoms with Gasteiger partial charge in [-0.15, -0.1) is 0 Å². The first kappa shape index (κ1) is 15.4. The SMILES string of the molecule is CCCCCCCOc1ccc(OC)cc1CBr. The zero-order valence-corrected chi connectivity index (χ0v) is 13.0. The highest BCUT2D eigenvalue weighted by atomic mass is 79.9. The Hall–Kier alpha value is -0.700. The van der Waals surface area contributed by atoms with Crippen LogP contribution in [-0.4, -0.2) is 13.7 Å². The molecule has 0 aliphatic carbocycles. The van der Waals surface area contributed by atoms with Gasteiger partial charge in [-0.05, 0) is 24.6 Å². The Morgan fingerprint density at radius 3 is 2.56 bits per heavy atom. The normalized spacial score (nSPS) is 10.4. The number of hydrogen-bond donors (Lipinski definition) is 0. The molecular weight excluding hydrogens is 292 g/mol. The van der Waals surface area contributed by atoms with Crippen molar-refractivity contribution >= 4 is 15.9 Å². The molecule has 0 aliphatic heterocycles. The lowest BCUT2D eigenvalue weighted by atomic mass is 10.1. The average Bonchev–Trinajstić information content (AvgIpc) is 2.42. The Kier molecular flexibility index (Phi) is 7.90. The summed E-state index contributed by atoms with van der Waals surface area (Å²) in [6, 6.07) is 5.95. The Bertz CT molecular complexity index is 339. The van der Waals surface area contributed by atoms with Crippen molar-refractivity contribution < 1.29 is 9.47 Å². The molecule has 0 N–H and O–H groups in total. The van der Waals surface area contributed by atoms with Crippen molar-refractivity contribution in [1.29, 1.82) is 0 Å². The fourth-order valence-corrected chi connectivity index (χ4v) is 2.25. The van der Waals surface area contributed by atoms with E-state index < -0.39 is 0 Å². The van der Waals surface area contributed by atoms with E-state index in [0.717, 1.165) is 35.4 Å². The molecule has 18 heavy (non-hydrogen) atoms. The second-order valence-electron chi connectivity index (χ2n) is 4.37. The van der Waals surface area contributed by atoms with Crippen LogP contribution in [0.2, 0.25) is 0 Å². The Balaban J connectivity index is 2.37. The molecule has 0 atom stereocenters. The molecule has 0 aromatic heterocycles. The lowest BCUT2D eigenvalue weighted by molar-refractivity contribution is 0.301. The van der Waals surface area contributed by atoms with Crippen LogP contribution in [0.1, 0.15) is 44.6 Å². The number of halogens is 1. The van der Waals surface area contributed by atoms with Crippen LogP contribution in [0.5, 0.6) is 11.5 Å². The monoisotopic (exact) mass is 314 g/mol. The predicted octanol–water partition coefficient (Wildman–Crippen LogP) is 4.94. The summed E-state index contributed by atoms with van der Waals surface area (Å²) in [5.74, 6) is 1.84. The largest absolute Gasteiger partial charge is 0.497 e. The van der Waals surface area contributed by atoms with Crippen LogP contribution in [0.25, 0.3) is 0 Å². The van der Waals surface area contributed by atoms with E-state index in [9.17, 15) is 0 Å². The topological polar surface area (TPSA) is 18.5 Å². The second-order valence-corrected chi connectivity index (χ2v) is 4.93. The molecule has 2 nitrogen and oxygen atoms in total. The van der Waals surface area contributed by atoms with Gasteiger partial charge in [0.1, 0.15) is 11.5 Å². The summed E-state index contributed by atoms with van der Waals surface area (Å²) in [7, 11) is 1.68. The molecule has 3 heteroatoms. The van der Waals surface area contributed by atoms with Crippen LogP contribution >= 0.6 is 15.9 Å². The minimum absolute atomic E-state index is 0.787. The molecule has 1 aromatic rings. The summed E-state index contributed by atoms with van der Waals surface area (Å²) in [5, 5.41) is 0.787. The smallest absolute Gasteiger partial charge is 0.123 e. The fraction of sp³-hybridized carbons (Fsp3) is 0.600. The van der Waals surface area contributed by atoms with Gasteiger partial charge in [-0.2, -0.15) is 0 Å². The van der Waals surface area contributed by atoms with E-state index in [1.807, 2.05) is 18.2 Å². The van der Waals surface area contributed by atoms with E-state index in [1.54, 1.807) is 7.11 Å². The quantitative estimate of drug-likeness (QED) is 0.475. The summed E-state index contributed by atoms with van der Waals surface area (Å²) in [5.41, 5.74) is 1.14. The van der Waals surface area contributed by atoms with Gasteiger partial charge in [-0.1, -0.05) is 48.5 Å². The highest BCUT2D eigenvalue weighted by molar-refractivity contribution is 9.08. The van der Waals surface area contributed by atoms with E-state index in [1.165, 1.54) is 25.7 Å². The number of rotatable bonds is 9. The molecule has 1 rings (SSSR count). The standard InChI is InChI=1S/C15H23BrO2/c1-3-4-5-6-7-10-18-15-9-8-14(17-2)11-13(15)12-16/h8-9,11H,3-7,10,12H2,1-2H3. The van der Waals surface area contributed by atoms with E-state index in [0.29, 0.717) is 0 Å². The van der Waals surface area contributed by atoms with Crippen molar-refractivity contribution in [1.82, 2.24) is 0 Å². The molecule has 1 aromatic carbocycles. The third-order valence-corrected chi connectivity index (χ3v) is 3.52. The van der Waals surface area contributed by atoms with Gasteiger partial charge in [-0.3, -0.25) is 0 Å². The van der Waals surface area contributed by atoms with E-state index in [2.05, 4.69) is 22.9 Å². The number of ether oxygens (including phenoxy) is 2. The van der Waals surface area contributed by atoms with E-state index >= 15 is 0 Å². The van der Waals surface area contributed by atoms with Crippen molar-refractivity contribution in [3.05, 3.63) is 23.8 Å². The van der Waals surface area contributed by atoms with Crippen molar-refractivity contribution in [2.75, 3.05) is 13.7 Å². The lowest BCUT2D eigenvalue weighted by Crippen LogP contribution is -2.00. The molecule has 0 radical (unpaired) electrons. The van der Waals surface area contributed by atoms with Crippen molar-refractivity contribution in [2.45, 2.75) is 44.4 Å². The van der Waals surface area contributed by atoms with E-state index in [4.69, 9.17) is 9.47 Å². The highest BCUT2D eigenvalue weighted by Crippen LogP contribution is 2.26. The number of methoxy groups -OCH3 is 1. The molecule has 0 amide bonds. The van der Waals surface area contributed by atoms with Crippen LogP contribution in [0.3, 0.4) is 0 Å². The van der Waals surface area contributed by atoms with Crippen LogP contribution < -0.4 is 9.47 Å². The third kappa shape index (κ3) is 5.30. The highest BCUT2D eigenvalue weighted by Gasteiger charge is 2.04. The van der Waals surface area contributed by atoms with E-state index in [-0.39, 0.29) is 0 Å². The molecule has 0 unspecified atom stereocenters. The van der Waals surface area contributed by atoms with Gasteiger partial charge in [0.2, 0.25) is 0 Å². The molecule has 102 valence electrons. The number of hydrogen-bond acceptors (Lipinski definition) is 2. The summed E-state index contributed by atoms with van der Waals surface area (Å²) < 4.78 is 11.0. The fourth-order valence-electron chi connectivity index (χ4n) is 1.82. The Morgan fingerprint density at radius 1 is 1.11 bits per heavy atom. The van der Waals surface area contributed by atoms with Gasteiger partial charge in [-0.25, -0.2) is 0 Å². The van der Waals surface area contributed by atoms with Gasteiger partial charge >= 0.3 is 0 Å². The maximum Gasteiger partial charge on any atom is 0.123 e. The summed E-state index contributed by atoms with van der Waals surface area (Å²) in [4.78, 5) is 0. The zero-order chi connectivity index (χ0) is 13.2. The third-order valence-electron chi connectivity index (χ3n) is 2.92. The molecule has 0 saturated heterocycles. The van der Waals surface area contributed by atoms with Crippen molar-refractivity contribution in [2.24, 2.45) is 0 Å². The molecule has 0 bridgehead atoms. The van der Waals surface area contributed by atoms with Gasteiger partial charge in [0, 0.05) is 10.9 Å². The van der Waals surface area contributed by atoms with Crippen LogP contribution in [0.15, 0.2) is 18.2 Å². The van der Waals surface area contributed by atoms with Gasteiger partial charge in [0.05, 0.1) is 13.7 Å². The lowest BCUT2D eigenvalue weighted by Gasteiger charge is -2.11. The van der Waals surface area contributed by atoms with Gasteiger partial charge in [0.15, 0.2) is 0 Å². The van der Waals surface area contributed by atoms with Crippen molar-refractivity contribution in [3.8, 4) is 11.5 Å². The Labute approximate surface area is 119 Å². The van der Waals surface area contributed by atoms with Crippen LogP contribution in [-0.2, 0) is 5.33 Å². The van der Waals surface area contributed by atoms with Gasteiger partial charge in [0.25, 0.3) is 0 Å². The number of unbranched alkanes of at least 4 members (excludes halogenated alkanes) is 4. The summed E-state index contributed by atoms with van der Waals surface area (Å²) in [6.45, 7) is 3.03.